The van der Waals surface area contributed by atoms with E-state index < -0.39 is 21.7 Å². The molecule has 0 saturated carbocycles. The van der Waals surface area contributed by atoms with E-state index in [2.05, 4.69) is 5.32 Å². The number of carbonyl (C=O) groups excluding carboxylic acids is 2. The molecule has 30 heavy (non-hydrogen) atoms. The van der Waals surface area contributed by atoms with Crippen LogP contribution in [0.5, 0.6) is 0 Å². The van der Waals surface area contributed by atoms with Crippen molar-refractivity contribution in [2.24, 2.45) is 0 Å². The van der Waals surface area contributed by atoms with Crippen molar-refractivity contribution in [2.45, 2.75) is 29.9 Å². The molecular formula is C22H21NO5S2. The summed E-state index contributed by atoms with van der Waals surface area (Å²) >= 11 is 0.776. The van der Waals surface area contributed by atoms with Crippen molar-refractivity contribution >= 4 is 38.7 Å². The number of anilines is 1. The minimum absolute atomic E-state index is 0.0502. The quantitative estimate of drug-likeness (QED) is 0.561. The highest BCUT2D eigenvalue weighted by atomic mass is 32.2. The molecule has 0 atom stereocenters. The minimum Gasteiger partial charge on any atom is -0.462 e. The number of rotatable bonds is 6. The highest BCUT2D eigenvalue weighted by Gasteiger charge is 2.28. The number of esters is 1. The molecule has 0 spiro atoms. The van der Waals surface area contributed by atoms with E-state index in [1.165, 1.54) is 18.2 Å². The Kier molecular flexibility index (Phi) is 6.38. The van der Waals surface area contributed by atoms with Gasteiger partial charge in [-0.25, -0.2) is 13.2 Å². The van der Waals surface area contributed by atoms with E-state index in [-0.39, 0.29) is 26.3 Å². The van der Waals surface area contributed by atoms with E-state index in [1.807, 2.05) is 13.8 Å². The average Bonchev–Trinajstić information content (AvgIpc) is 3.14. The summed E-state index contributed by atoms with van der Waals surface area (Å²) in [5.74, 6) is -1.11. The molecular weight excluding hydrogens is 422 g/mol. The molecule has 0 aliphatic heterocycles. The Morgan fingerprint density at radius 3 is 2.10 bits per heavy atom. The molecule has 0 saturated heterocycles. The zero-order chi connectivity index (χ0) is 21.9. The molecule has 3 aromatic rings. The molecule has 0 bridgehead atoms. The van der Waals surface area contributed by atoms with Gasteiger partial charge in [-0.1, -0.05) is 35.4 Å². The first-order valence-electron chi connectivity index (χ1n) is 9.23. The molecule has 2 aromatic carbocycles. The summed E-state index contributed by atoms with van der Waals surface area (Å²) in [6, 6.07) is 14.6. The topological polar surface area (TPSA) is 89.5 Å². The first-order chi connectivity index (χ1) is 14.2. The standard InChI is InChI=1S/C22H21NO5S2/c1-4-28-21(25)19-13-18(23-20(24)16-9-5-14(2)6-10-16)22(29-19)30(26,27)17-11-7-15(3)8-12-17/h5-13H,4H2,1-3H3,(H,23,24). The predicted octanol–water partition coefficient (Wildman–Crippen LogP) is 4.63. The summed E-state index contributed by atoms with van der Waals surface area (Å²) in [5.41, 5.74) is 2.34. The smallest absolute Gasteiger partial charge is 0.348 e. The number of hydrogen-bond acceptors (Lipinski definition) is 6. The molecule has 0 fully saturated rings. The van der Waals surface area contributed by atoms with E-state index in [4.69, 9.17) is 4.74 Å². The Balaban J connectivity index is 2.04. The Labute approximate surface area is 179 Å². The number of amides is 1. The molecule has 1 N–H and O–H groups in total. The van der Waals surface area contributed by atoms with E-state index in [0.29, 0.717) is 5.56 Å². The third kappa shape index (κ3) is 4.60. The van der Waals surface area contributed by atoms with Crippen LogP contribution in [-0.4, -0.2) is 26.9 Å². The summed E-state index contributed by atoms with van der Waals surface area (Å²) in [5, 5.41) is 2.64. The van der Waals surface area contributed by atoms with Crippen LogP contribution in [0.15, 0.2) is 63.7 Å². The molecule has 1 amide bonds. The van der Waals surface area contributed by atoms with Gasteiger partial charge in [0.2, 0.25) is 9.84 Å². The van der Waals surface area contributed by atoms with Gasteiger partial charge in [-0.05, 0) is 51.1 Å². The molecule has 8 heteroatoms. The minimum atomic E-state index is -3.95. The van der Waals surface area contributed by atoms with Crippen molar-refractivity contribution in [3.05, 3.63) is 76.2 Å². The normalized spacial score (nSPS) is 11.2. The highest BCUT2D eigenvalue weighted by Crippen LogP contribution is 2.36. The lowest BCUT2D eigenvalue weighted by Crippen LogP contribution is -2.13. The van der Waals surface area contributed by atoms with Crippen LogP contribution in [0.1, 0.15) is 38.1 Å². The molecule has 6 nitrogen and oxygen atoms in total. The molecule has 0 aliphatic rings. The SMILES string of the molecule is CCOC(=O)c1cc(NC(=O)c2ccc(C)cc2)c(S(=O)(=O)c2ccc(C)cc2)s1. The Hall–Kier alpha value is -2.97. The van der Waals surface area contributed by atoms with Crippen LogP contribution in [0.25, 0.3) is 0 Å². The van der Waals surface area contributed by atoms with Crippen LogP contribution in [0.3, 0.4) is 0 Å². The molecule has 0 radical (unpaired) electrons. The van der Waals surface area contributed by atoms with Gasteiger partial charge in [0.25, 0.3) is 5.91 Å². The van der Waals surface area contributed by atoms with Gasteiger partial charge < -0.3 is 10.1 Å². The Morgan fingerprint density at radius 1 is 0.967 bits per heavy atom. The largest absolute Gasteiger partial charge is 0.462 e. The van der Waals surface area contributed by atoms with Crippen molar-refractivity contribution in [1.29, 1.82) is 0 Å². The first-order valence-corrected chi connectivity index (χ1v) is 11.5. The van der Waals surface area contributed by atoms with Gasteiger partial charge in [0.05, 0.1) is 17.2 Å². The van der Waals surface area contributed by atoms with Gasteiger partial charge in [0.1, 0.15) is 9.09 Å². The summed E-state index contributed by atoms with van der Waals surface area (Å²) in [4.78, 5) is 25.0. The van der Waals surface area contributed by atoms with Crippen LogP contribution in [0, 0.1) is 13.8 Å². The van der Waals surface area contributed by atoms with Gasteiger partial charge >= 0.3 is 5.97 Å². The fourth-order valence-electron chi connectivity index (χ4n) is 2.69. The second kappa shape index (κ2) is 8.81. The number of ether oxygens (including phenoxy) is 1. The summed E-state index contributed by atoms with van der Waals surface area (Å²) in [6.07, 6.45) is 0. The summed E-state index contributed by atoms with van der Waals surface area (Å²) < 4.78 is 31.3. The highest BCUT2D eigenvalue weighted by molar-refractivity contribution is 7.93. The molecule has 0 unspecified atom stereocenters. The van der Waals surface area contributed by atoms with Gasteiger partial charge in [-0.15, -0.1) is 11.3 Å². The number of hydrogen-bond donors (Lipinski definition) is 1. The maximum atomic E-state index is 13.2. The lowest BCUT2D eigenvalue weighted by Gasteiger charge is -2.08. The Morgan fingerprint density at radius 2 is 1.53 bits per heavy atom. The van der Waals surface area contributed by atoms with E-state index in [0.717, 1.165) is 22.5 Å². The van der Waals surface area contributed by atoms with Gasteiger partial charge in [-0.2, -0.15) is 0 Å². The number of aryl methyl sites for hydroxylation is 2. The van der Waals surface area contributed by atoms with E-state index >= 15 is 0 Å². The van der Waals surface area contributed by atoms with E-state index in [9.17, 15) is 18.0 Å². The number of thiophene rings is 1. The average molecular weight is 444 g/mol. The van der Waals surface area contributed by atoms with Crippen LogP contribution in [0.2, 0.25) is 0 Å². The third-order valence-corrected chi connectivity index (χ3v) is 7.73. The van der Waals surface area contributed by atoms with Crippen molar-refractivity contribution in [3.8, 4) is 0 Å². The second-order valence-electron chi connectivity index (χ2n) is 6.67. The molecule has 3 rings (SSSR count). The molecule has 1 aromatic heterocycles. The fraction of sp³-hybridized carbons (Fsp3) is 0.182. The van der Waals surface area contributed by atoms with Crippen LogP contribution < -0.4 is 5.32 Å². The Bertz CT molecular complexity index is 1180. The van der Waals surface area contributed by atoms with Crippen LogP contribution >= 0.6 is 11.3 Å². The van der Waals surface area contributed by atoms with Crippen molar-refractivity contribution in [3.63, 3.8) is 0 Å². The monoisotopic (exact) mass is 443 g/mol. The predicted molar refractivity (Wildman–Crippen MR) is 116 cm³/mol. The van der Waals surface area contributed by atoms with Gasteiger partial charge in [0.15, 0.2) is 0 Å². The van der Waals surface area contributed by atoms with Gasteiger partial charge in [0, 0.05) is 5.56 Å². The number of benzene rings is 2. The number of nitrogens with one attached hydrogen (secondary N) is 1. The van der Waals surface area contributed by atoms with Crippen molar-refractivity contribution in [1.82, 2.24) is 0 Å². The summed E-state index contributed by atoms with van der Waals surface area (Å²) in [7, 11) is -3.95. The first kappa shape index (κ1) is 21.7. The zero-order valence-corrected chi connectivity index (χ0v) is 18.4. The van der Waals surface area contributed by atoms with Crippen molar-refractivity contribution in [2.75, 3.05) is 11.9 Å². The molecule has 0 aliphatic carbocycles. The molecule has 156 valence electrons. The lowest BCUT2D eigenvalue weighted by molar-refractivity contribution is 0.0532. The van der Waals surface area contributed by atoms with Gasteiger partial charge in [-0.3, -0.25) is 4.79 Å². The summed E-state index contributed by atoms with van der Waals surface area (Å²) in [6.45, 7) is 5.57. The molecule has 1 heterocycles. The number of carbonyl (C=O) groups is 2. The lowest BCUT2D eigenvalue weighted by atomic mass is 10.1. The fourth-order valence-corrected chi connectivity index (χ4v) is 5.53. The third-order valence-electron chi connectivity index (χ3n) is 4.31. The van der Waals surface area contributed by atoms with Crippen LogP contribution in [-0.2, 0) is 14.6 Å². The van der Waals surface area contributed by atoms with Crippen molar-refractivity contribution < 1.29 is 22.7 Å². The maximum Gasteiger partial charge on any atom is 0.348 e. The van der Waals surface area contributed by atoms with E-state index in [1.54, 1.807) is 43.3 Å². The zero-order valence-electron chi connectivity index (χ0n) is 16.8. The number of sulfone groups is 1. The van der Waals surface area contributed by atoms with Crippen LogP contribution in [0.4, 0.5) is 5.69 Å². The second-order valence-corrected chi connectivity index (χ2v) is 9.87. The maximum absolute atomic E-state index is 13.2.